The van der Waals surface area contributed by atoms with Gasteiger partial charge >= 0.3 is 93.2 Å². The quantitative estimate of drug-likeness (QED) is 0.549. The van der Waals surface area contributed by atoms with Crippen LogP contribution in [0.5, 0.6) is 0 Å². The number of hydrogen-bond donors (Lipinski definition) is 2. The van der Waals surface area contributed by atoms with Gasteiger partial charge in [-0.3, -0.25) is 0 Å². The topological polar surface area (TPSA) is 24.1 Å². The monoisotopic (exact) mass is 470 g/mol. The maximum absolute atomic E-state index is 3.41. The summed E-state index contributed by atoms with van der Waals surface area (Å²) in [7, 11) is 0. The first-order valence-electron chi connectivity index (χ1n) is 8.60. The summed E-state index contributed by atoms with van der Waals surface area (Å²) in [5, 5.41) is 6.81. The van der Waals surface area contributed by atoms with Crippen molar-refractivity contribution < 1.29 is 19.4 Å². The molecule has 0 radical (unpaired) electrons. The van der Waals surface area contributed by atoms with Gasteiger partial charge in [-0.15, -0.1) is 0 Å². The predicted molar refractivity (Wildman–Crippen MR) is 96.4 cm³/mol. The zero-order chi connectivity index (χ0) is 17.5. The van der Waals surface area contributed by atoms with Crippen molar-refractivity contribution >= 4 is 4.15 Å². The summed E-state index contributed by atoms with van der Waals surface area (Å²) in [5.74, 6) is 1.52. The van der Waals surface area contributed by atoms with E-state index in [4.69, 9.17) is 0 Å². The Hall–Kier alpha value is 0.478. The van der Waals surface area contributed by atoms with Gasteiger partial charge in [-0.25, -0.2) is 0 Å². The standard InChI is InChI=1S/C10H22N2.C6H14.C2H6.W/c1-9(2)5-6-11-8-12-7-10(3)4;1-5-6(2,3)4;1-2;/h9-12H,5-7H2,1-4H3;5H2,1-4H3;1-2H3;. The molecule has 0 amide bonds. The van der Waals surface area contributed by atoms with E-state index in [-0.39, 0.29) is 0 Å². The van der Waals surface area contributed by atoms with Gasteiger partial charge in [0.1, 0.15) is 0 Å². The third kappa shape index (κ3) is 33.4. The second-order valence-electron chi connectivity index (χ2n) is 7.13. The fourth-order valence-electron chi connectivity index (χ4n) is 0.834. The summed E-state index contributed by atoms with van der Waals surface area (Å²) in [6, 6.07) is 0. The molecule has 0 heterocycles. The zero-order valence-electron chi connectivity index (χ0n) is 16.4. The van der Waals surface area contributed by atoms with Crippen molar-refractivity contribution in [1.82, 2.24) is 10.6 Å². The van der Waals surface area contributed by atoms with Crippen LogP contribution in [0.15, 0.2) is 0 Å². The third-order valence-corrected chi connectivity index (χ3v) is 3.78. The molecule has 0 bridgehead atoms. The average Bonchev–Trinajstić information content (AvgIpc) is 2.38. The Morgan fingerprint density at radius 3 is 1.67 bits per heavy atom. The van der Waals surface area contributed by atoms with Gasteiger partial charge in [-0.05, 0) is 5.41 Å². The summed E-state index contributed by atoms with van der Waals surface area (Å²) in [5.41, 5.74) is 0.542. The van der Waals surface area contributed by atoms with E-state index in [2.05, 4.69) is 66.0 Å². The van der Waals surface area contributed by atoms with Crippen molar-refractivity contribution in [3.8, 4) is 0 Å². The number of hydrogen-bond acceptors (Lipinski definition) is 2. The van der Waals surface area contributed by atoms with Crippen molar-refractivity contribution in [1.29, 1.82) is 0 Å². The molecule has 0 atom stereocenters. The van der Waals surface area contributed by atoms with E-state index in [1.165, 1.54) is 36.3 Å². The molecule has 0 spiro atoms. The van der Waals surface area contributed by atoms with Gasteiger partial charge in [-0.2, -0.15) is 0 Å². The van der Waals surface area contributed by atoms with Gasteiger partial charge < -0.3 is 0 Å². The molecule has 130 valence electrons. The average molecular weight is 470 g/mol. The van der Waals surface area contributed by atoms with Crippen LogP contribution in [0.3, 0.4) is 0 Å². The van der Waals surface area contributed by atoms with Crippen molar-refractivity contribution in [2.75, 3.05) is 13.1 Å². The van der Waals surface area contributed by atoms with Crippen molar-refractivity contribution in [2.24, 2.45) is 17.3 Å². The Labute approximate surface area is 146 Å². The smallest absolute Gasteiger partial charge is 0.0385 e. The third-order valence-electron chi connectivity index (χ3n) is 2.74. The second-order valence-corrected chi connectivity index (χ2v) is 8.59. The normalized spacial score (nSPS) is 10.7. The van der Waals surface area contributed by atoms with Crippen LogP contribution < -0.4 is 10.6 Å². The van der Waals surface area contributed by atoms with Crippen LogP contribution in [0, 0.1) is 17.3 Å². The molecule has 0 aromatic rings. The molecule has 0 rings (SSSR count). The van der Waals surface area contributed by atoms with Crippen LogP contribution in [-0.4, -0.2) is 17.2 Å². The molecule has 0 fully saturated rings. The molecule has 0 aliphatic heterocycles. The van der Waals surface area contributed by atoms with Crippen LogP contribution in [0.4, 0.5) is 0 Å². The SMILES string of the molecule is CC.CC(C)CCN[C](=[W])NCC(C)C.CCC(C)(C)C. The molecule has 2 nitrogen and oxygen atoms in total. The van der Waals surface area contributed by atoms with Crippen LogP contribution in [0.25, 0.3) is 0 Å². The first kappa shape index (κ1) is 26.4. The molecule has 21 heavy (non-hydrogen) atoms. The second kappa shape index (κ2) is 16.8. The Kier molecular flexibility index (Phi) is 21.2. The Balaban J connectivity index is -0.000000339. The molecule has 3 heteroatoms. The van der Waals surface area contributed by atoms with Crippen LogP contribution >= 0.6 is 0 Å². The molecule has 0 unspecified atom stereocenters. The van der Waals surface area contributed by atoms with Gasteiger partial charge in [0.25, 0.3) is 0 Å². The number of nitrogens with one attached hydrogen (secondary N) is 2. The summed E-state index contributed by atoms with van der Waals surface area (Å²) >= 11 is 1.50. The molecule has 0 saturated heterocycles. The van der Waals surface area contributed by atoms with Gasteiger partial charge in [0.15, 0.2) is 0 Å². The molecule has 0 aromatic carbocycles. The fourth-order valence-corrected chi connectivity index (χ4v) is 1.50. The minimum Gasteiger partial charge on any atom is -0.0649 e. The maximum atomic E-state index is 3.41. The van der Waals surface area contributed by atoms with Crippen molar-refractivity contribution in [3.05, 3.63) is 0 Å². The molecule has 0 aliphatic carbocycles. The Morgan fingerprint density at radius 1 is 0.952 bits per heavy atom. The first-order chi connectivity index (χ1) is 9.58. The Bertz CT molecular complexity index is 218. The first-order valence-corrected chi connectivity index (χ1v) is 10.1. The van der Waals surface area contributed by atoms with Crippen LogP contribution in [-0.2, 0) is 19.4 Å². The van der Waals surface area contributed by atoms with E-state index >= 15 is 0 Å². The van der Waals surface area contributed by atoms with Crippen LogP contribution in [0.2, 0.25) is 0 Å². The fraction of sp³-hybridized carbons (Fsp3) is 0.944. The zero-order valence-corrected chi connectivity index (χ0v) is 19.3. The predicted octanol–water partition coefficient (Wildman–Crippen LogP) is 4.97. The summed E-state index contributed by atoms with van der Waals surface area (Å²) in [4.78, 5) is 0. The van der Waals surface area contributed by atoms with Gasteiger partial charge in [-0.1, -0.05) is 48.0 Å². The summed E-state index contributed by atoms with van der Waals surface area (Å²) in [6.07, 6.45) is 2.52. The maximum Gasteiger partial charge on any atom is -0.0385 e. The van der Waals surface area contributed by atoms with E-state index in [1.807, 2.05) is 13.8 Å². The van der Waals surface area contributed by atoms with E-state index in [0.717, 1.165) is 24.9 Å². The van der Waals surface area contributed by atoms with Crippen LogP contribution in [0.1, 0.15) is 82.1 Å². The van der Waals surface area contributed by atoms with Gasteiger partial charge in [0.05, 0.1) is 0 Å². The summed E-state index contributed by atoms with van der Waals surface area (Å²) in [6.45, 7) is 24.1. The molecule has 2 N–H and O–H groups in total. The minimum atomic E-state index is 0.542. The van der Waals surface area contributed by atoms with Crippen molar-refractivity contribution in [3.63, 3.8) is 0 Å². The van der Waals surface area contributed by atoms with Crippen molar-refractivity contribution in [2.45, 2.75) is 82.1 Å². The number of rotatable bonds is 7. The molecular formula is C18H42N2W. The summed E-state index contributed by atoms with van der Waals surface area (Å²) < 4.78 is 1.29. The van der Waals surface area contributed by atoms with E-state index in [0.29, 0.717) is 5.41 Å². The molecule has 0 saturated carbocycles. The minimum absolute atomic E-state index is 0.542. The van der Waals surface area contributed by atoms with Gasteiger partial charge in [0.2, 0.25) is 0 Å². The van der Waals surface area contributed by atoms with Gasteiger partial charge in [0, 0.05) is 0 Å². The molecule has 0 aromatic heterocycles. The van der Waals surface area contributed by atoms with E-state index < -0.39 is 0 Å². The molecular weight excluding hydrogens is 428 g/mol. The Morgan fingerprint density at radius 2 is 1.38 bits per heavy atom. The van der Waals surface area contributed by atoms with E-state index in [1.54, 1.807) is 0 Å². The molecule has 0 aliphatic rings. The largest absolute Gasteiger partial charge is 0.0649 e. The van der Waals surface area contributed by atoms with E-state index in [9.17, 15) is 0 Å².